The van der Waals surface area contributed by atoms with E-state index in [2.05, 4.69) is 29.3 Å². The highest BCUT2D eigenvalue weighted by molar-refractivity contribution is 5.94. The third-order valence-electron chi connectivity index (χ3n) is 4.16. The minimum atomic E-state index is -0.216. The minimum Gasteiger partial charge on any atom is -0.346 e. The van der Waals surface area contributed by atoms with E-state index in [0.29, 0.717) is 6.42 Å². The number of carbonyl (C=O) groups is 2. The Balaban J connectivity index is 1.53. The van der Waals surface area contributed by atoms with Crippen LogP contribution >= 0.6 is 0 Å². The maximum atomic E-state index is 12.3. The monoisotopic (exact) mass is 296 g/mol. The van der Waals surface area contributed by atoms with E-state index in [-0.39, 0.29) is 23.8 Å². The van der Waals surface area contributed by atoms with Crippen molar-refractivity contribution in [3.63, 3.8) is 0 Å². The molecule has 0 bridgehead atoms. The molecular formula is C18H20N2O2. The molecule has 0 heterocycles. The molecule has 2 aliphatic rings. The van der Waals surface area contributed by atoms with E-state index in [1.807, 2.05) is 24.3 Å². The number of nitrogens with one attached hydrogen (secondary N) is 2. The Hall–Kier alpha value is -2.36. The summed E-state index contributed by atoms with van der Waals surface area (Å²) in [5.41, 5.74) is 2.17. The third-order valence-corrected chi connectivity index (χ3v) is 4.16. The summed E-state index contributed by atoms with van der Waals surface area (Å²) < 4.78 is 0. The fourth-order valence-electron chi connectivity index (χ4n) is 2.73. The van der Waals surface area contributed by atoms with Gasteiger partial charge in [-0.15, -0.1) is 0 Å². The molecule has 0 spiro atoms. The van der Waals surface area contributed by atoms with E-state index in [1.54, 1.807) is 0 Å². The molecule has 1 fully saturated rings. The van der Waals surface area contributed by atoms with Gasteiger partial charge in [-0.1, -0.05) is 30.9 Å². The van der Waals surface area contributed by atoms with Gasteiger partial charge in [-0.2, -0.15) is 0 Å². The highest BCUT2D eigenvalue weighted by Crippen LogP contribution is 2.40. The fraction of sp³-hybridized carbons (Fsp3) is 0.333. The minimum absolute atomic E-state index is 0.0363. The van der Waals surface area contributed by atoms with Crippen LogP contribution in [0.5, 0.6) is 0 Å². The number of hydrogen-bond donors (Lipinski definition) is 2. The number of carbonyl (C=O) groups excluding carboxylic acids is 2. The van der Waals surface area contributed by atoms with Crippen LogP contribution in [0.1, 0.15) is 30.7 Å². The summed E-state index contributed by atoms with van der Waals surface area (Å²) in [7, 11) is 0. The van der Waals surface area contributed by atoms with Crippen molar-refractivity contribution in [2.24, 2.45) is 5.92 Å². The van der Waals surface area contributed by atoms with Gasteiger partial charge in [-0.05, 0) is 49.0 Å². The Morgan fingerprint density at radius 1 is 1.14 bits per heavy atom. The van der Waals surface area contributed by atoms with Gasteiger partial charge in [0.1, 0.15) is 0 Å². The van der Waals surface area contributed by atoms with E-state index in [1.165, 1.54) is 24.5 Å². The molecule has 0 aliphatic heterocycles. The molecule has 114 valence electrons. The fourth-order valence-corrected chi connectivity index (χ4v) is 2.73. The van der Waals surface area contributed by atoms with E-state index < -0.39 is 0 Å². The molecular weight excluding hydrogens is 276 g/mol. The average molecular weight is 296 g/mol. The summed E-state index contributed by atoms with van der Waals surface area (Å²) in [4.78, 5) is 23.5. The van der Waals surface area contributed by atoms with Gasteiger partial charge in [0.15, 0.2) is 0 Å². The van der Waals surface area contributed by atoms with Crippen molar-refractivity contribution in [1.29, 1.82) is 0 Å². The predicted molar refractivity (Wildman–Crippen MR) is 86.4 cm³/mol. The van der Waals surface area contributed by atoms with E-state index in [9.17, 15) is 9.59 Å². The van der Waals surface area contributed by atoms with Crippen molar-refractivity contribution < 1.29 is 9.59 Å². The van der Waals surface area contributed by atoms with Crippen LogP contribution in [-0.2, 0) is 9.59 Å². The van der Waals surface area contributed by atoms with Crippen molar-refractivity contribution in [2.45, 2.75) is 31.2 Å². The van der Waals surface area contributed by atoms with Crippen LogP contribution < -0.4 is 10.6 Å². The smallest absolute Gasteiger partial charge is 0.243 e. The third kappa shape index (κ3) is 3.45. The summed E-state index contributed by atoms with van der Waals surface area (Å²) in [5, 5.41) is 5.72. The van der Waals surface area contributed by atoms with Gasteiger partial charge in [-0.3, -0.25) is 9.59 Å². The van der Waals surface area contributed by atoms with Crippen molar-refractivity contribution >= 4 is 17.5 Å². The quantitative estimate of drug-likeness (QED) is 0.648. The molecule has 2 atom stereocenters. The second-order valence-corrected chi connectivity index (χ2v) is 5.93. The first kappa shape index (κ1) is 14.6. The molecule has 0 radical (unpaired) electrons. The number of benzene rings is 1. The van der Waals surface area contributed by atoms with Gasteiger partial charge in [-0.25, -0.2) is 0 Å². The number of rotatable bonds is 5. The molecule has 1 saturated carbocycles. The van der Waals surface area contributed by atoms with Gasteiger partial charge in [0.2, 0.25) is 11.8 Å². The van der Waals surface area contributed by atoms with Crippen molar-refractivity contribution in [3.05, 3.63) is 54.6 Å². The summed E-state index contributed by atoms with van der Waals surface area (Å²) in [6.07, 6.45) is 8.09. The molecule has 4 nitrogen and oxygen atoms in total. The normalized spacial score (nSPS) is 23.1. The maximum Gasteiger partial charge on any atom is 0.243 e. The molecule has 0 saturated heterocycles. The topological polar surface area (TPSA) is 58.2 Å². The van der Waals surface area contributed by atoms with Crippen LogP contribution in [0.3, 0.4) is 0 Å². The first-order valence-electron chi connectivity index (χ1n) is 7.68. The van der Waals surface area contributed by atoms with Gasteiger partial charge in [0.25, 0.3) is 0 Å². The van der Waals surface area contributed by atoms with E-state index >= 15 is 0 Å². The molecule has 2 amide bonds. The summed E-state index contributed by atoms with van der Waals surface area (Å²) >= 11 is 0. The van der Waals surface area contributed by atoms with Crippen LogP contribution in [0.15, 0.2) is 49.1 Å². The van der Waals surface area contributed by atoms with E-state index in [4.69, 9.17) is 0 Å². The molecule has 0 unspecified atom stereocenters. The Bertz CT molecular complexity index is 614. The number of hydrogen-bond acceptors (Lipinski definition) is 2. The second kappa shape index (κ2) is 6.18. The van der Waals surface area contributed by atoms with Crippen LogP contribution in [0.4, 0.5) is 5.69 Å². The van der Waals surface area contributed by atoms with Crippen LogP contribution in [0.2, 0.25) is 0 Å². The maximum absolute atomic E-state index is 12.3. The van der Waals surface area contributed by atoms with Gasteiger partial charge in [0.05, 0.1) is 5.92 Å². The molecule has 0 aromatic heterocycles. The zero-order chi connectivity index (χ0) is 15.5. The molecule has 3 rings (SSSR count). The van der Waals surface area contributed by atoms with Crippen molar-refractivity contribution in [3.8, 4) is 0 Å². The summed E-state index contributed by atoms with van der Waals surface area (Å²) in [6, 6.07) is 8.00. The largest absolute Gasteiger partial charge is 0.346 e. The standard InChI is InChI=1S/C18H20N2O2/c1-2-17(21)19-16-10-7-14(11-16)18(22)20-15-8-5-13(6-9-15)12-3-4-12/h2,5-10,12,14,16H,1,3-4,11H2,(H,19,21)(H,20,22)/t14-,16+/m1/s1. The zero-order valence-corrected chi connectivity index (χ0v) is 12.4. The van der Waals surface area contributed by atoms with E-state index in [0.717, 1.165) is 11.6 Å². The SMILES string of the molecule is C=CC(=O)N[C@H]1C=C[C@@H](C(=O)Nc2ccc(C3CC3)cc2)C1. The molecule has 4 heteroatoms. The highest BCUT2D eigenvalue weighted by atomic mass is 16.2. The molecule has 2 N–H and O–H groups in total. The molecule has 22 heavy (non-hydrogen) atoms. The van der Waals surface area contributed by atoms with Gasteiger partial charge >= 0.3 is 0 Å². The summed E-state index contributed by atoms with van der Waals surface area (Å²) in [6.45, 7) is 3.42. The van der Waals surface area contributed by atoms with Gasteiger partial charge < -0.3 is 10.6 Å². The predicted octanol–water partition coefficient (Wildman–Crippen LogP) is 2.75. The first-order chi connectivity index (χ1) is 10.7. The van der Waals surface area contributed by atoms with Crippen LogP contribution in [-0.4, -0.2) is 17.9 Å². The Morgan fingerprint density at radius 2 is 1.86 bits per heavy atom. The zero-order valence-electron chi connectivity index (χ0n) is 12.4. The van der Waals surface area contributed by atoms with Gasteiger partial charge in [0, 0.05) is 11.7 Å². The van der Waals surface area contributed by atoms with Crippen LogP contribution in [0, 0.1) is 5.92 Å². The number of amides is 2. The Labute approximate surface area is 130 Å². The Morgan fingerprint density at radius 3 is 2.50 bits per heavy atom. The lowest BCUT2D eigenvalue weighted by atomic mass is 10.1. The van der Waals surface area contributed by atoms with Crippen LogP contribution in [0.25, 0.3) is 0 Å². The van der Waals surface area contributed by atoms with Crippen molar-refractivity contribution in [2.75, 3.05) is 5.32 Å². The lowest BCUT2D eigenvalue weighted by Gasteiger charge is -2.13. The molecule has 2 aliphatic carbocycles. The molecule has 1 aromatic rings. The molecule has 1 aromatic carbocycles. The first-order valence-corrected chi connectivity index (χ1v) is 7.68. The number of anilines is 1. The van der Waals surface area contributed by atoms with Crippen molar-refractivity contribution in [1.82, 2.24) is 5.32 Å². The lowest BCUT2D eigenvalue weighted by Crippen LogP contribution is -2.32. The highest BCUT2D eigenvalue weighted by Gasteiger charge is 2.26. The second-order valence-electron chi connectivity index (χ2n) is 5.93. The lowest BCUT2D eigenvalue weighted by molar-refractivity contribution is -0.119. The summed E-state index contributed by atoms with van der Waals surface area (Å²) in [5.74, 6) is 0.257. The Kier molecular flexibility index (Phi) is 4.09. The average Bonchev–Trinajstić information content (AvgIpc) is 3.27.